The maximum atomic E-state index is 10.8. The molecule has 1 aromatic heterocycles. The summed E-state index contributed by atoms with van der Waals surface area (Å²) in [4.78, 5) is 28.7. The summed E-state index contributed by atoms with van der Waals surface area (Å²) in [6.07, 6.45) is 23.7. The van der Waals surface area contributed by atoms with Gasteiger partial charge in [-0.1, -0.05) is 96.3 Å². The number of aromatic amines is 1. The molecule has 0 radical (unpaired) electrons. The average Bonchev–Trinajstić information content (AvgIpc) is 3.39. The van der Waals surface area contributed by atoms with E-state index in [-0.39, 0.29) is 18.6 Å². The number of allylic oxidation sites excluding steroid dienone is 2. The van der Waals surface area contributed by atoms with Gasteiger partial charge in [-0.05, 0) is 26.2 Å². The van der Waals surface area contributed by atoms with Crippen molar-refractivity contribution >= 4 is 22.3 Å². The van der Waals surface area contributed by atoms with Crippen molar-refractivity contribution < 1.29 is 37.0 Å². The number of aryl methyl sites for hydroxylation is 1. The van der Waals surface area contributed by atoms with Crippen molar-refractivity contribution in [3.05, 3.63) is 42.0 Å². The third-order valence-corrected chi connectivity index (χ3v) is 6.60. The highest BCUT2D eigenvalue weighted by molar-refractivity contribution is 7.80. The van der Waals surface area contributed by atoms with Crippen LogP contribution in [0, 0.1) is 5.41 Å². The van der Waals surface area contributed by atoms with Gasteiger partial charge in [0.2, 0.25) is 0 Å². The van der Waals surface area contributed by atoms with Gasteiger partial charge >= 0.3 is 22.3 Å². The SMILES string of the molecule is CC1(C(=O)O)C=CC=C(C(=O)O)C1.CCCCCCCCOS(=O)(=O)O.CCCCCCCCc1ncc[nH]1. The lowest BCUT2D eigenvalue weighted by Gasteiger charge is -2.23. The molecule has 11 heteroatoms. The van der Waals surface area contributed by atoms with Crippen molar-refractivity contribution in [1.82, 2.24) is 9.97 Å². The highest BCUT2D eigenvalue weighted by atomic mass is 32.3. The minimum Gasteiger partial charge on any atom is -0.481 e. The van der Waals surface area contributed by atoms with Crippen LogP contribution in [0.25, 0.3) is 0 Å². The van der Waals surface area contributed by atoms with Crippen LogP contribution in [-0.4, -0.2) is 51.7 Å². The quantitative estimate of drug-likeness (QED) is 0.120. The van der Waals surface area contributed by atoms with Crippen molar-refractivity contribution in [1.29, 1.82) is 0 Å². The predicted molar refractivity (Wildman–Crippen MR) is 152 cm³/mol. The molecule has 39 heavy (non-hydrogen) atoms. The van der Waals surface area contributed by atoms with Crippen LogP contribution in [0.2, 0.25) is 0 Å². The maximum absolute atomic E-state index is 10.8. The fourth-order valence-electron chi connectivity index (χ4n) is 3.74. The minimum absolute atomic E-state index is 0.0359. The van der Waals surface area contributed by atoms with Crippen molar-refractivity contribution in [2.75, 3.05) is 6.61 Å². The Bertz CT molecular complexity index is 958. The number of nitrogens with zero attached hydrogens (tertiary/aromatic N) is 1. The third-order valence-electron chi connectivity index (χ3n) is 6.13. The molecule has 0 aliphatic heterocycles. The molecule has 1 unspecified atom stereocenters. The van der Waals surface area contributed by atoms with E-state index in [1.54, 1.807) is 0 Å². The van der Waals surface area contributed by atoms with Crippen molar-refractivity contribution in [3.63, 3.8) is 0 Å². The second-order valence-corrected chi connectivity index (χ2v) is 10.9. The molecular weight excluding hydrogens is 524 g/mol. The Morgan fingerprint density at radius 1 is 0.974 bits per heavy atom. The second-order valence-electron chi connectivity index (χ2n) is 9.83. The summed E-state index contributed by atoms with van der Waals surface area (Å²) in [5, 5.41) is 17.5. The molecule has 0 aromatic carbocycles. The Kier molecular flexibility index (Phi) is 20.0. The number of hydrogen-bond acceptors (Lipinski definition) is 6. The summed E-state index contributed by atoms with van der Waals surface area (Å²) in [7, 11) is -4.22. The van der Waals surface area contributed by atoms with Crippen molar-refractivity contribution in [2.45, 2.75) is 111 Å². The fraction of sp³-hybridized carbons (Fsp3) is 0.679. The molecule has 1 aromatic rings. The number of nitrogens with one attached hydrogen (secondary N) is 1. The van der Waals surface area contributed by atoms with Crippen LogP contribution in [0.5, 0.6) is 0 Å². The van der Waals surface area contributed by atoms with E-state index >= 15 is 0 Å². The van der Waals surface area contributed by atoms with Crippen LogP contribution < -0.4 is 0 Å². The van der Waals surface area contributed by atoms with E-state index in [2.05, 4.69) is 28.0 Å². The number of carboxylic acids is 2. The Balaban J connectivity index is 0.000000555. The first-order chi connectivity index (χ1) is 18.4. The molecule has 1 aliphatic carbocycles. The zero-order valence-corrected chi connectivity index (χ0v) is 24.5. The van der Waals surface area contributed by atoms with E-state index < -0.39 is 27.8 Å². The first-order valence-electron chi connectivity index (χ1n) is 13.9. The number of unbranched alkanes of at least 4 members (excludes halogenated alkanes) is 10. The highest BCUT2D eigenvalue weighted by Crippen LogP contribution is 2.31. The smallest absolute Gasteiger partial charge is 0.397 e. The van der Waals surface area contributed by atoms with Crippen LogP contribution in [0.15, 0.2) is 36.2 Å². The minimum atomic E-state index is -4.22. The molecular formula is C28H48N2O8S. The summed E-state index contributed by atoms with van der Waals surface area (Å²) in [5.74, 6) is -0.928. The Morgan fingerprint density at radius 2 is 1.54 bits per heavy atom. The Morgan fingerprint density at radius 3 is 2.03 bits per heavy atom. The first kappa shape index (κ1) is 36.5. The first-order valence-corrected chi connectivity index (χ1v) is 15.3. The summed E-state index contributed by atoms with van der Waals surface area (Å²) < 4.78 is 32.6. The molecule has 4 N–H and O–H groups in total. The topological polar surface area (TPSA) is 167 Å². The molecule has 0 saturated heterocycles. The van der Waals surface area contributed by atoms with E-state index in [0.717, 1.165) is 25.1 Å². The normalized spacial score (nSPS) is 16.4. The van der Waals surface area contributed by atoms with Crippen molar-refractivity contribution in [3.8, 4) is 0 Å². The molecule has 1 aliphatic rings. The van der Waals surface area contributed by atoms with Crippen molar-refractivity contribution in [2.24, 2.45) is 5.41 Å². The number of H-pyrrole nitrogens is 1. The summed E-state index contributed by atoms with van der Waals surface area (Å²) >= 11 is 0. The third kappa shape index (κ3) is 20.1. The van der Waals surface area contributed by atoms with Gasteiger partial charge in [0.25, 0.3) is 0 Å². The fourth-order valence-corrected chi connectivity index (χ4v) is 4.07. The Labute approximate surface area is 233 Å². The van der Waals surface area contributed by atoms with Gasteiger partial charge in [-0.3, -0.25) is 9.35 Å². The molecule has 1 heterocycles. The van der Waals surface area contributed by atoms with E-state index in [4.69, 9.17) is 14.8 Å². The van der Waals surface area contributed by atoms with Gasteiger partial charge in [-0.2, -0.15) is 8.42 Å². The number of aliphatic carboxylic acids is 2. The van der Waals surface area contributed by atoms with Crippen LogP contribution in [0.4, 0.5) is 0 Å². The van der Waals surface area contributed by atoms with Gasteiger partial charge in [-0.25, -0.2) is 14.0 Å². The van der Waals surface area contributed by atoms with Crippen LogP contribution in [0.3, 0.4) is 0 Å². The van der Waals surface area contributed by atoms with Crippen LogP contribution >= 0.6 is 0 Å². The van der Waals surface area contributed by atoms with Crippen LogP contribution in [0.1, 0.15) is 110 Å². The molecule has 2 rings (SSSR count). The van der Waals surface area contributed by atoms with E-state index in [1.807, 2.05) is 12.4 Å². The molecule has 0 spiro atoms. The molecule has 0 saturated carbocycles. The largest absolute Gasteiger partial charge is 0.481 e. The second kappa shape index (κ2) is 21.3. The predicted octanol–water partition coefficient (Wildman–Crippen LogP) is 6.53. The van der Waals surface area contributed by atoms with Gasteiger partial charge in [-0.15, -0.1) is 0 Å². The number of rotatable bonds is 17. The molecule has 1 atom stereocenters. The Hall–Kier alpha value is -2.50. The molecule has 0 bridgehead atoms. The van der Waals surface area contributed by atoms with E-state index in [9.17, 15) is 18.0 Å². The number of imidazole rings is 1. The lowest BCUT2D eigenvalue weighted by atomic mass is 9.80. The maximum Gasteiger partial charge on any atom is 0.397 e. The summed E-state index contributed by atoms with van der Waals surface area (Å²) in [6.45, 7) is 5.98. The van der Waals surface area contributed by atoms with Crippen LogP contribution in [-0.2, 0) is 30.6 Å². The molecule has 224 valence electrons. The summed E-state index contributed by atoms with van der Waals surface area (Å²) in [6, 6.07) is 0. The number of aromatic nitrogens is 2. The van der Waals surface area contributed by atoms with E-state index in [0.29, 0.717) is 6.42 Å². The van der Waals surface area contributed by atoms with Gasteiger partial charge < -0.3 is 15.2 Å². The van der Waals surface area contributed by atoms with Gasteiger partial charge in [0, 0.05) is 24.4 Å². The molecule has 10 nitrogen and oxygen atoms in total. The number of carbonyl (C=O) groups is 2. The van der Waals surface area contributed by atoms with E-state index in [1.165, 1.54) is 82.9 Å². The van der Waals surface area contributed by atoms with Gasteiger partial charge in [0.15, 0.2) is 0 Å². The van der Waals surface area contributed by atoms with Gasteiger partial charge in [0.05, 0.1) is 12.0 Å². The van der Waals surface area contributed by atoms with Gasteiger partial charge in [0.1, 0.15) is 5.82 Å². The molecule has 0 amide bonds. The lowest BCUT2D eigenvalue weighted by Crippen LogP contribution is -2.28. The monoisotopic (exact) mass is 572 g/mol. The molecule has 0 fully saturated rings. The number of carboxylic acid groups (broad SMARTS) is 2. The summed E-state index contributed by atoms with van der Waals surface area (Å²) in [5.41, 5.74) is -0.949. The standard InChI is InChI=1S/C11H20N2.C9H10O4.C8H18O4S/c1-2-3-4-5-6-7-8-11-12-9-10-13-11;1-9(8(12)13)4-2-3-6(5-9)7(10)11;1-2-3-4-5-6-7-8-12-13(9,10)11/h9-10H,2-8H2,1H3,(H,12,13);2-4H,5H2,1H3,(H,10,11)(H,12,13);2-8H2,1H3,(H,9,10,11). The zero-order valence-electron chi connectivity index (χ0n) is 23.7. The highest BCUT2D eigenvalue weighted by Gasteiger charge is 2.34. The lowest BCUT2D eigenvalue weighted by molar-refractivity contribution is -0.145. The average molecular weight is 573 g/mol. The number of hydrogen-bond donors (Lipinski definition) is 4. The zero-order chi connectivity index (χ0) is 29.6.